The smallest absolute Gasteiger partial charge is 0.190 e. The number of fused-ring (bicyclic) bond motifs is 1. The van der Waals surface area contributed by atoms with Gasteiger partial charge in [-0.2, -0.15) is 0 Å². The van der Waals surface area contributed by atoms with Crippen molar-refractivity contribution in [2.24, 2.45) is 0 Å². The number of allylic oxidation sites excluding steroid dienone is 12. The van der Waals surface area contributed by atoms with Crippen LogP contribution in [0.25, 0.3) is 0 Å². The Morgan fingerprint density at radius 3 is 1.35 bits per heavy atom. The number of hydrogen-bond acceptors (Lipinski definition) is 2. The number of Topliss-reactive ketones (excluding diaryl/α,β-unsaturated/α-hetero) is 2. The Morgan fingerprint density at radius 2 is 0.925 bits per heavy atom. The Hall–Kier alpha value is -3.00. The molecule has 2 rings (SSSR count). The van der Waals surface area contributed by atoms with Gasteiger partial charge in [0.1, 0.15) is 0 Å². The molecule has 2 nitrogen and oxygen atoms in total. The lowest BCUT2D eigenvalue weighted by Crippen LogP contribution is -2.21. The molecule has 0 saturated heterocycles. The summed E-state index contributed by atoms with van der Waals surface area (Å²) < 4.78 is 0. The van der Waals surface area contributed by atoms with Gasteiger partial charge in [0.2, 0.25) is 0 Å². The van der Waals surface area contributed by atoms with Crippen molar-refractivity contribution in [1.29, 1.82) is 0 Å². The molecule has 0 aliphatic heterocycles. The molecule has 0 N–H and O–H groups in total. The van der Waals surface area contributed by atoms with E-state index in [9.17, 15) is 9.59 Å². The van der Waals surface area contributed by atoms with Crippen LogP contribution in [0.5, 0.6) is 0 Å². The summed E-state index contributed by atoms with van der Waals surface area (Å²) in [6.07, 6.45) is 20.8. The zero-order valence-corrected chi connectivity index (χ0v) is 26.7. The molecule has 0 unspecified atom stereocenters. The van der Waals surface area contributed by atoms with Crippen LogP contribution in [0.1, 0.15) is 138 Å². The van der Waals surface area contributed by atoms with Crippen molar-refractivity contribution in [3.8, 4) is 0 Å². The summed E-state index contributed by atoms with van der Waals surface area (Å²) in [5, 5.41) is 0. The second kappa shape index (κ2) is 16.3. The Kier molecular flexibility index (Phi) is 13.5. The van der Waals surface area contributed by atoms with E-state index in [-0.39, 0.29) is 11.6 Å². The minimum Gasteiger partial charge on any atom is -0.289 e. The average molecular weight is 541 g/mol. The summed E-state index contributed by atoms with van der Waals surface area (Å²) >= 11 is 0. The van der Waals surface area contributed by atoms with Crippen molar-refractivity contribution >= 4 is 11.6 Å². The highest BCUT2D eigenvalue weighted by Crippen LogP contribution is 2.30. The van der Waals surface area contributed by atoms with Gasteiger partial charge in [-0.25, -0.2) is 0 Å². The molecule has 0 aromatic heterocycles. The molecule has 40 heavy (non-hydrogen) atoms. The normalized spacial score (nSPS) is 15.1. The molecule has 0 amide bonds. The van der Waals surface area contributed by atoms with Crippen LogP contribution in [0.2, 0.25) is 0 Å². The highest BCUT2D eigenvalue weighted by Gasteiger charge is 2.29. The predicted molar refractivity (Wildman–Crippen MR) is 173 cm³/mol. The number of ketones is 2. The van der Waals surface area contributed by atoms with Crippen LogP contribution >= 0.6 is 0 Å². The maximum absolute atomic E-state index is 13.2. The summed E-state index contributed by atoms with van der Waals surface area (Å²) in [7, 11) is 0. The number of benzene rings is 1. The van der Waals surface area contributed by atoms with E-state index in [1.165, 1.54) is 27.9 Å². The van der Waals surface area contributed by atoms with Crippen molar-refractivity contribution in [2.45, 2.75) is 120 Å². The van der Waals surface area contributed by atoms with Crippen LogP contribution in [0.15, 0.2) is 81.5 Å². The highest BCUT2D eigenvalue weighted by atomic mass is 16.1. The van der Waals surface area contributed by atoms with Crippen LogP contribution in [0.4, 0.5) is 0 Å². The maximum atomic E-state index is 13.2. The molecule has 1 aromatic carbocycles. The van der Waals surface area contributed by atoms with E-state index in [2.05, 4.69) is 71.9 Å². The molecule has 0 spiro atoms. The lowest BCUT2D eigenvalue weighted by molar-refractivity contribution is 0.0973. The van der Waals surface area contributed by atoms with E-state index < -0.39 is 0 Å². The van der Waals surface area contributed by atoms with E-state index in [0.29, 0.717) is 28.7 Å². The topological polar surface area (TPSA) is 34.1 Å². The van der Waals surface area contributed by atoms with Crippen molar-refractivity contribution in [3.63, 3.8) is 0 Å². The molecule has 0 heterocycles. The zero-order chi connectivity index (χ0) is 29.8. The van der Waals surface area contributed by atoms with Crippen molar-refractivity contribution in [3.05, 3.63) is 104 Å². The Bertz CT molecular complexity index is 1270. The summed E-state index contributed by atoms with van der Waals surface area (Å²) in [5.41, 5.74) is 11.5. The van der Waals surface area contributed by atoms with Crippen LogP contribution in [-0.4, -0.2) is 11.6 Å². The summed E-state index contributed by atoms with van der Waals surface area (Å²) in [4.78, 5) is 26.1. The van der Waals surface area contributed by atoms with Crippen LogP contribution < -0.4 is 0 Å². The molecule has 1 aromatic rings. The van der Waals surface area contributed by atoms with Gasteiger partial charge >= 0.3 is 0 Å². The first-order chi connectivity index (χ1) is 18.9. The van der Waals surface area contributed by atoms with Gasteiger partial charge in [0.25, 0.3) is 0 Å². The first kappa shape index (κ1) is 33.2. The minimum absolute atomic E-state index is 0.00367. The van der Waals surface area contributed by atoms with Crippen molar-refractivity contribution in [2.75, 3.05) is 0 Å². The third-order valence-electron chi connectivity index (χ3n) is 8.03. The molecule has 0 radical (unpaired) electrons. The third kappa shape index (κ3) is 10.5. The van der Waals surface area contributed by atoms with Gasteiger partial charge in [-0.1, -0.05) is 58.2 Å². The summed E-state index contributed by atoms with van der Waals surface area (Å²) in [5.74, 6) is -0.00715. The van der Waals surface area contributed by atoms with Gasteiger partial charge in [0.15, 0.2) is 11.6 Å². The van der Waals surface area contributed by atoms with Crippen LogP contribution in [0, 0.1) is 13.8 Å². The lowest BCUT2D eigenvalue weighted by atomic mass is 9.81. The fourth-order valence-electron chi connectivity index (χ4n) is 5.02. The van der Waals surface area contributed by atoms with E-state index in [1.807, 2.05) is 26.0 Å². The van der Waals surface area contributed by atoms with Crippen molar-refractivity contribution in [1.82, 2.24) is 0 Å². The second-order valence-corrected chi connectivity index (χ2v) is 12.1. The fraction of sp³-hybridized carbons (Fsp3) is 0.474. The number of rotatable bonds is 14. The minimum atomic E-state index is -0.0108. The standard InChI is InChI=1S/C38H52O2/c1-26(2)14-10-15-27(3)16-11-17-28(4)18-12-19-29(5)20-13-21-30(6)22-23-34-33(9)37(39)35-24-31(7)32(8)25-36(35)38(34)40/h14,16,18,20,22,24-25H,10-13,15,17,19,21,23H2,1-9H3. The Balaban J connectivity index is 1.79. The summed E-state index contributed by atoms with van der Waals surface area (Å²) in [6, 6.07) is 3.75. The quantitative estimate of drug-likeness (QED) is 0.220. The number of hydrogen-bond donors (Lipinski definition) is 0. The largest absolute Gasteiger partial charge is 0.289 e. The first-order valence-corrected chi connectivity index (χ1v) is 15.1. The van der Waals surface area contributed by atoms with Crippen LogP contribution in [-0.2, 0) is 0 Å². The third-order valence-corrected chi connectivity index (χ3v) is 8.03. The van der Waals surface area contributed by atoms with Gasteiger partial charge in [0.05, 0.1) is 0 Å². The Morgan fingerprint density at radius 1 is 0.550 bits per heavy atom. The van der Waals surface area contributed by atoms with Crippen molar-refractivity contribution < 1.29 is 9.59 Å². The van der Waals surface area contributed by atoms with Gasteiger partial charge in [-0.3, -0.25) is 9.59 Å². The molecule has 1 aliphatic rings. The van der Waals surface area contributed by atoms with Gasteiger partial charge in [-0.15, -0.1) is 0 Å². The molecule has 0 saturated carbocycles. The van der Waals surface area contributed by atoms with E-state index in [0.717, 1.165) is 62.5 Å². The number of carbonyl (C=O) groups excluding carboxylic acids is 2. The fourth-order valence-corrected chi connectivity index (χ4v) is 5.02. The monoisotopic (exact) mass is 540 g/mol. The van der Waals surface area contributed by atoms with E-state index in [4.69, 9.17) is 0 Å². The van der Waals surface area contributed by atoms with Gasteiger partial charge in [0, 0.05) is 22.3 Å². The molecular formula is C38H52O2. The average Bonchev–Trinajstić information content (AvgIpc) is 2.88. The molecule has 0 atom stereocenters. The number of carbonyl (C=O) groups is 2. The van der Waals surface area contributed by atoms with Gasteiger partial charge < -0.3 is 0 Å². The maximum Gasteiger partial charge on any atom is 0.190 e. The predicted octanol–water partition coefficient (Wildman–Crippen LogP) is 11.3. The first-order valence-electron chi connectivity index (χ1n) is 15.1. The molecule has 1 aliphatic carbocycles. The molecular weight excluding hydrogens is 488 g/mol. The molecule has 0 bridgehead atoms. The lowest BCUT2D eigenvalue weighted by Gasteiger charge is -2.20. The SMILES string of the molecule is CC(C)=CCCC(C)=CCCC(C)=CCCC(C)=CCCC(C)=CCC1=C(C)C(=O)c2cc(C)c(C)cc2C1=O. The molecule has 2 heteroatoms. The number of aryl methyl sites for hydroxylation is 2. The Labute approximate surface area is 244 Å². The van der Waals surface area contributed by atoms with E-state index in [1.54, 1.807) is 6.92 Å². The zero-order valence-electron chi connectivity index (χ0n) is 26.7. The molecule has 0 fully saturated rings. The second-order valence-electron chi connectivity index (χ2n) is 12.1. The van der Waals surface area contributed by atoms with Crippen LogP contribution in [0.3, 0.4) is 0 Å². The van der Waals surface area contributed by atoms with Gasteiger partial charge in [-0.05, 0) is 143 Å². The highest BCUT2D eigenvalue weighted by molar-refractivity contribution is 6.26. The van der Waals surface area contributed by atoms with E-state index >= 15 is 0 Å². The summed E-state index contributed by atoms with van der Waals surface area (Å²) in [6.45, 7) is 18.9. The molecule has 216 valence electrons.